The molecule has 5 nitrogen and oxygen atoms in total. The topological polar surface area (TPSA) is 83.5 Å². The van der Waals surface area contributed by atoms with Crippen LogP contribution in [0.2, 0.25) is 0 Å². The van der Waals surface area contributed by atoms with Crippen molar-refractivity contribution >= 4 is 21.7 Å². The second-order valence-corrected chi connectivity index (χ2v) is 6.32. The fourth-order valence-electron chi connectivity index (χ4n) is 1.55. The van der Waals surface area contributed by atoms with Gasteiger partial charge in [0.15, 0.2) is 0 Å². The van der Waals surface area contributed by atoms with Crippen LogP contribution < -0.4 is 4.72 Å². The number of aryl methyl sites for hydroxylation is 1. The minimum atomic E-state index is -4.41. The quantitative estimate of drug-likeness (QED) is 0.842. The van der Waals surface area contributed by atoms with Gasteiger partial charge in [-0.1, -0.05) is 6.07 Å². The smallest absolute Gasteiger partial charge is 0.389 e. The average Bonchev–Trinajstić information content (AvgIpc) is 2.29. The molecule has 0 aromatic heterocycles. The fourth-order valence-corrected chi connectivity index (χ4v) is 2.73. The summed E-state index contributed by atoms with van der Waals surface area (Å²) in [5.74, 6) is -1.92. The lowest BCUT2D eigenvalue weighted by atomic mass is 10.1. The van der Waals surface area contributed by atoms with Gasteiger partial charge in [0.05, 0.1) is 17.0 Å². The Balaban J connectivity index is 2.79. The van der Waals surface area contributed by atoms with E-state index in [0.29, 0.717) is 5.56 Å². The van der Waals surface area contributed by atoms with Crippen molar-refractivity contribution in [3.63, 3.8) is 0 Å². The van der Waals surface area contributed by atoms with Crippen molar-refractivity contribution in [1.29, 1.82) is 0 Å². The molecular weight excluding hydrogens is 311 g/mol. The summed E-state index contributed by atoms with van der Waals surface area (Å²) in [6, 6.07) is 3.84. The molecule has 0 heterocycles. The Morgan fingerprint density at radius 1 is 1.33 bits per heavy atom. The Morgan fingerprint density at radius 2 is 1.95 bits per heavy atom. The van der Waals surface area contributed by atoms with Gasteiger partial charge in [-0.25, -0.2) is 13.2 Å². The highest BCUT2D eigenvalue weighted by Gasteiger charge is 2.27. The molecule has 0 unspecified atom stereocenters. The summed E-state index contributed by atoms with van der Waals surface area (Å²) in [4.78, 5) is 10.8. The van der Waals surface area contributed by atoms with Crippen molar-refractivity contribution in [3.8, 4) is 0 Å². The zero-order chi connectivity index (χ0) is 16.3. The Hall–Kier alpha value is -1.77. The maximum Gasteiger partial charge on any atom is 0.389 e. The highest BCUT2D eigenvalue weighted by Crippen LogP contribution is 2.23. The summed E-state index contributed by atoms with van der Waals surface area (Å²) >= 11 is 0. The van der Waals surface area contributed by atoms with Crippen molar-refractivity contribution in [2.24, 2.45) is 0 Å². The third-order valence-corrected chi connectivity index (χ3v) is 3.98. The van der Waals surface area contributed by atoms with E-state index in [-0.39, 0.29) is 11.3 Å². The highest BCUT2D eigenvalue weighted by molar-refractivity contribution is 7.92. The summed E-state index contributed by atoms with van der Waals surface area (Å²) in [5, 5.41) is 8.83. The van der Waals surface area contributed by atoms with Crippen molar-refractivity contribution < 1.29 is 31.5 Å². The van der Waals surface area contributed by atoms with E-state index in [1.165, 1.54) is 12.1 Å². The third kappa shape index (κ3) is 6.03. The Kier molecular flexibility index (Phi) is 5.21. The van der Waals surface area contributed by atoms with Gasteiger partial charge in [-0.15, -0.1) is 0 Å². The maximum absolute atomic E-state index is 12.0. The third-order valence-electron chi connectivity index (χ3n) is 2.62. The molecular formula is C12H14F3NO4S. The van der Waals surface area contributed by atoms with Gasteiger partial charge in [0, 0.05) is 6.42 Å². The van der Waals surface area contributed by atoms with Crippen LogP contribution in [0.4, 0.5) is 18.9 Å². The van der Waals surface area contributed by atoms with Crippen molar-refractivity contribution in [2.45, 2.75) is 25.9 Å². The first-order valence-corrected chi connectivity index (χ1v) is 7.56. The first kappa shape index (κ1) is 17.3. The molecule has 21 heavy (non-hydrogen) atoms. The van der Waals surface area contributed by atoms with E-state index in [1.54, 1.807) is 6.92 Å². The monoisotopic (exact) mass is 325 g/mol. The first-order chi connectivity index (χ1) is 9.50. The second-order valence-electron chi connectivity index (χ2n) is 4.47. The zero-order valence-corrected chi connectivity index (χ0v) is 11.9. The van der Waals surface area contributed by atoms with Crippen LogP contribution in [0, 0.1) is 6.92 Å². The number of sulfonamides is 1. The number of carboxylic acids is 1. The number of halogens is 3. The lowest BCUT2D eigenvalue weighted by molar-refractivity contribution is -0.134. The number of anilines is 1. The minimum Gasteiger partial charge on any atom is -0.478 e. The van der Waals surface area contributed by atoms with E-state index < -0.39 is 40.8 Å². The first-order valence-electron chi connectivity index (χ1n) is 5.91. The molecule has 9 heteroatoms. The molecule has 118 valence electrons. The lowest BCUT2D eigenvalue weighted by Gasteiger charge is -2.12. The number of benzene rings is 1. The highest BCUT2D eigenvalue weighted by atomic mass is 32.2. The standard InChI is InChI=1S/C12H14F3NO4S/c1-8-3-4-9(11(17)18)7-10(8)16-21(19,20)6-2-5-12(13,14)15/h3-4,7,16H,2,5-6H2,1H3,(H,17,18). The molecule has 0 spiro atoms. The van der Waals surface area contributed by atoms with E-state index >= 15 is 0 Å². The predicted molar refractivity (Wildman–Crippen MR) is 70.8 cm³/mol. The number of nitrogens with one attached hydrogen (secondary N) is 1. The van der Waals surface area contributed by atoms with Gasteiger partial charge in [0.25, 0.3) is 0 Å². The number of hydrogen-bond acceptors (Lipinski definition) is 3. The predicted octanol–water partition coefficient (Wildman–Crippen LogP) is 2.78. The van der Waals surface area contributed by atoms with Gasteiger partial charge in [0.2, 0.25) is 10.0 Å². The Bertz CT molecular complexity index is 626. The normalized spacial score (nSPS) is 12.2. The number of carboxylic acid groups (broad SMARTS) is 1. The van der Waals surface area contributed by atoms with Gasteiger partial charge < -0.3 is 5.11 Å². The minimum absolute atomic E-state index is 0.0434. The molecule has 0 aliphatic rings. The van der Waals surface area contributed by atoms with Gasteiger partial charge in [0.1, 0.15) is 0 Å². The van der Waals surface area contributed by atoms with Crippen molar-refractivity contribution in [3.05, 3.63) is 29.3 Å². The summed E-state index contributed by atoms with van der Waals surface area (Å²) in [7, 11) is -3.96. The molecule has 0 amide bonds. The molecule has 0 fully saturated rings. The fraction of sp³-hybridized carbons (Fsp3) is 0.417. The number of carbonyl (C=O) groups is 1. The van der Waals surface area contributed by atoms with E-state index in [2.05, 4.69) is 4.72 Å². The molecule has 1 aromatic carbocycles. The van der Waals surface area contributed by atoms with Crippen LogP contribution in [0.3, 0.4) is 0 Å². The number of hydrogen-bond donors (Lipinski definition) is 2. The summed E-state index contributed by atoms with van der Waals surface area (Å²) in [5.41, 5.74) is 0.398. The Morgan fingerprint density at radius 3 is 2.48 bits per heavy atom. The van der Waals surface area contributed by atoms with Crippen LogP contribution in [0.5, 0.6) is 0 Å². The molecule has 0 saturated carbocycles. The van der Waals surface area contributed by atoms with Crippen LogP contribution in [-0.2, 0) is 10.0 Å². The summed E-state index contributed by atoms with van der Waals surface area (Å²) < 4.78 is 61.4. The largest absolute Gasteiger partial charge is 0.478 e. The van der Waals surface area contributed by atoms with Crippen LogP contribution in [0.1, 0.15) is 28.8 Å². The summed E-state index contributed by atoms with van der Waals surface area (Å²) in [6.07, 6.45) is -6.16. The Labute approximate surface area is 119 Å². The number of rotatable bonds is 6. The van der Waals surface area contributed by atoms with Gasteiger partial charge in [-0.3, -0.25) is 4.72 Å². The van der Waals surface area contributed by atoms with Crippen LogP contribution in [-0.4, -0.2) is 31.4 Å². The molecule has 0 radical (unpaired) electrons. The van der Waals surface area contributed by atoms with Gasteiger partial charge in [-0.05, 0) is 31.0 Å². The summed E-state index contributed by atoms with van der Waals surface area (Å²) in [6.45, 7) is 1.55. The molecule has 0 saturated heterocycles. The van der Waals surface area contributed by atoms with Crippen LogP contribution in [0.25, 0.3) is 0 Å². The van der Waals surface area contributed by atoms with Crippen molar-refractivity contribution in [1.82, 2.24) is 0 Å². The van der Waals surface area contributed by atoms with E-state index in [1.807, 2.05) is 0 Å². The van der Waals surface area contributed by atoms with Crippen LogP contribution >= 0.6 is 0 Å². The lowest BCUT2D eigenvalue weighted by Crippen LogP contribution is -2.19. The molecule has 0 aliphatic carbocycles. The van der Waals surface area contributed by atoms with E-state index in [4.69, 9.17) is 5.11 Å². The maximum atomic E-state index is 12.0. The van der Waals surface area contributed by atoms with Gasteiger partial charge in [-0.2, -0.15) is 13.2 Å². The SMILES string of the molecule is Cc1ccc(C(=O)O)cc1NS(=O)(=O)CCCC(F)(F)F. The molecule has 1 rings (SSSR count). The molecule has 0 aliphatic heterocycles. The molecule has 0 bridgehead atoms. The number of alkyl halides is 3. The number of aromatic carboxylic acids is 1. The van der Waals surface area contributed by atoms with Gasteiger partial charge >= 0.3 is 12.1 Å². The van der Waals surface area contributed by atoms with E-state index in [0.717, 1.165) is 6.07 Å². The molecule has 1 aromatic rings. The second kappa shape index (κ2) is 6.33. The van der Waals surface area contributed by atoms with Crippen molar-refractivity contribution in [2.75, 3.05) is 10.5 Å². The molecule has 0 atom stereocenters. The zero-order valence-electron chi connectivity index (χ0n) is 11.1. The average molecular weight is 325 g/mol. The van der Waals surface area contributed by atoms with Crippen LogP contribution in [0.15, 0.2) is 18.2 Å². The molecule has 2 N–H and O–H groups in total. The van der Waals surface area contributed by atoms with E-state index in [9.17, 15) is 26.4 Å².